The lowest BCUT2D eigenvalue weighted by molar-refractivity contribution is -0.121. The number of halogens is 1. The standard InChI is InChI=1S/C15H20FN3O3/c16-12-4-1-3-11(7-12)8-19(9-13-5-2-6-22-13)10-14(20)18-15(17)21/h1,3-4,7,13H,2,5-6,8-10H2,(H3,17,18,20,21). The third-order valence-corrected chi connectivity index (χ3v) is 3.41. The van der Waals surface area contributed by atoms with Crippen LogP contribution in [0.15, 0.2) is 24.3 Å². The van der Waals surface area contributed by atoms with Crippen molar-refractivity contribution < 1.29 is 18.7 Å². The minimum absolute atomic E-state index is 0.000681. The maximum absolute atomic E-state index is 13.3. The first-order valence-electron chi connectivity index (χ1n) is 7.20. The number of urea groups is 1. The van der Waals surface area contributed by atoms with Crippen molar-refractivity contribution in [3.05, 3.63) is 35.6 Å². The van der Waals surface area contributed by atoms with E-state index in [4.69, 9.17) is 10.5 Å². The van der Waals surface area contributed by atoms with Crippen LogP contribution in [0.25, 0.3) is 0 Å². The van der Waals surface area contributed by atoms with Gasteiger partial charge in [0.1, 0.15) is 5.82 Å². The van der Waals surface area contributed by atoms with Crippen molar-refractivity contribution in [2.45, 2.75) is 25.5 Å². The number of carbonyl (C=O) groups excluding carboxylic acids is 2. The molecule has 1 aromatic rings. The SMILES string of the molecule is NC(=O)NC(=O)CN(Cc1cccc(F)c1)CC1CCCO1. The molecule has 0 bridgehead atoms. The summed E-state index contributed by atoms with van der Waals surface area (Å²) in [6, 6.07) is 5.32. The van der Waals surface area contributed by atoms with E-state index in [1.807, 2.05) is 10.2 Å². The number of benzene rings is 1. The topological polar surface area (TPSA) is 84.7 Å². The van der Waals surface area contributed by atoms with Crippen LogP contribution in [0, 0.1) is 5.82 Å². The zero-order valence-corrected chi connectivity index (χ0v) is 12.3. The van der Waals surface area contributed by atoms with Crippen LogP contribution in [0.2, 0.25) is 0 Å². The van der Waals surface area contributed by atoms with Crippen molar-refractivity contribution in [3.63, 3.8) is 0 Å². The van der Waals surface area contributed by atoms with Gasteiger partial charge in [-0.1, -0.05) is 12.1 Å². The average Bonchev–Trinajstić information content (AvgIpc) is 2.90. The third kappa shape index (κ3) is 5.42. The molecule has 1 unspecified atom stereocenters. The number of hydrogen-bond donors (Lipinski definition) is 2. The van der Waals surface area contributed by atoms with E-state index in [1.165, 1.54) is 12.1 Å². The van der Waals surface area contributed by atoms with Gasteiger partial charge in [-0.15, -0.1) is 0 Å². The number of nitrogens with zero attached hydrogens (tertiary/aromatic N) is 1. The van der Waals surface area contributed by atoms with Crippen LogP contribution in [0.1, 0.15) is 18.4 Å². The number of nitrogens with one attached hydrogen (secondary N) is 1. The van der Waals surface area contributed by atoms with Crippen molar-refractivity contribution in [2.24, 2.45) is 5.73 Å². The second kappa shape index (κ2) is 7.86. The highest BCUT2D eigenvalue weighted by atomic mass is 19.1. The van der Waals surface area contributed by atoms with Gasteiger partial charge in [0.15, 0.2) is 0 Å². The summed E-state index contributed by atoms with van der Waals surface area (Å²) in [5.74, 6) is -0.807. The molecule has 0 aromatic heterocycles. The molecule has 0 radical (unpaired) electrons. The van der Waals surface area contributed by atoms with Crippen LogP contribution in [-0.4, -0.2) is 42.6 Å². The van der Waals surface area contributed by atoms with Crippen molar-refractivity contribution in [2.75, 3.05) is 19.7 Å². The molecule has 1 aromatic carbocycles. The van der Waals surface area contributed by atoms with Crippen LogP contribution in [0.3, 0.4) is 0 Å². The number of ether oxygens (including phenoxy) is 1. The van der Waals surface area contributed by atoms with Gasteiger partial charge in [-0.3, -0.25) is 15.0 Å². The average molecular weight is 309 g/mol. The molecule has 1 heterocycles. The first kappa shape index (κ1) is 16.4. The van der Waals surface area contributed by atoms with Crippen molar-refractivity contribution in [1.82, 2.24) is 10.2 Å². The molecule has 0 saturated carbocycles. The summed E-state index contributed by atoms with van der Waals surface area (Å²) in [5, 5.41) is 2.04. The highest BCUT2D eigenvalue weighted by Crippen LogP contribution is 2.15. The summed E-state index contributed by atoms with van der Waals surface area (Å²) in [7, 11) is 0. The van der Waals surface area contributed by atoms with Gasteiger partial charge in [-0.25, -0.2) is 9.18 Å². The van der Waals surface area contributed by atoms with Gasteiger partial charge in [0, 0.05) is 19.7 Å². The summed E-state index contributed by atoms with van der Waals surface area (Å²) < 4.78 is 18.8. The quantitative estimate of drug-likeness (QED) is 0.821. The van der Waals surface area contributed by atoms with E-state index in [0.29, 0.717) is 19.7 Å². The Morgan fingerprint density at radius 2 is 2.27 bits per heavy atom. The van der Waals surface area contributed by atoms with Crippen LogP contribution >= 0.6 is 0 Å². The van der Waals surface area contributed by atoms with E-state index in [1.54, 1.807) is 12.1 Å². The highest BCUT2D eigenvalue weighted by molar-refractivity contribution is 5.94. The van der Waals surface area contributed by atoms with Crippen LogP contribution in [0.5, 0.6) is 0 Å². The molecule has 1 atom stereocenters. The molecule has 3 N–H and O–H groups in total. The Kier molecular flexibility index (Phi) is 5.85. The molecule has 22 heavy (non-hydrogen) atoms. The summed E-state index contributed by atoms with van der Waals surface area (Å²) in [4.78, 5) is 24.3. The molecule has 0 aliphatic carbocycles. The minimum Gasteiger partial charge on any atom is -0.377 e. The Bertz CT molecular complexity index is 533. The minimum atomic E-state index is -0.882. The molecule has 1 saturated heterocycles. The second-order valence-electron chi connectivity index (χ2n) is 5.35. The zero-order valence-electron chi connectivity index (χ0n) is 12.3. The monoisotopic (exact) mass is 309 g/mol. The molecular weight excluding hydrogens is 289 g/mol. The van der Waals surface area contributed by atoms with Crippen molar-refractivity contribution in [1.29, 1.82) is 0 Å². The smallest absolute Gasteiger partial charge is 0.318 e. The van der Waals surface area contributed by atoms with Gasteiger partial charge in [0.25, 0.3) is 0 Å². The molecule has 120 valence electrons. The molecule has 3 amide bonds. The number of imide groups is 1. The Morgan fingerprint density at radius 3 is 2.91 bits per heavy atom. The predicted octanol–water partition coefficient (Wildman–Crippen LogP) is 1.00. The van der Waals surface area contributed by atoms with Gasteiger partial charge in [-0.2, -0.15) is 0 Å². The molecule has 1 aliphatic rings. The Morgan fingerprint density at radius 1 is 1.45 bits per heavy atom. The Hall–Kier alpha value is -1.99. The maximum atomic E-state index is 13.3. The highest BCUT2D eigenvalue weighted by Gasteiger charge is 2.21. The van der Waals surface area contributed by atoms with E-state index >= 15 is 0 Å². The number of primary amides is 1. The van der Waals surface area contributed by atoms with E-state index < -0.39 is 11.9 Å². The number of amides is 3. The molecule has 7 heteroatoms. The maximum Gasteiger partial charge on any atom is 0.318 e. The van der Waals surface area contributed by atoms with Gasteiger partial charge in [0.2, 0.25) is 5.91 Å². The molecule has 6 nitrogen and oxygen atoms in total. The van der Waals surface area contributed by atoms with Gasteiger partial charge < -0.3 is 10.5 Å². The number of nitrogens with two attached hydrogens (primary N) is 1. The molecule has 1 aliphatic heterocycles. The van der Waals surface area contributed by atoms with E-state index in [-0.39, 0.29) is 18.5 Å². The first-order valence-corrected chi connectivity index (χ1v) is 7.20. The fourth-order valence-corrected chi connectivity index (χ4v) is 2.53. The van der Waals surface area contributed by atoms with Crippen LogP contribution in [-0.2, 0) is 16.1 Å². The zero-order chi connectivity index (χ0) is 15.9. The largest absolute Gasteiger partial charge is 0.377 e. The third-order valence-electron chi connectivity index (χ3n) is 3.41. The van der Waals surface area contributed by atoms with Gasteiger partial charge in [-0.05, 0) is 30.5 Å². The summed E-state index contributed by atoms with van der Waals surface area (Å²) in [6.07, 6.45) is 1.97. The normalized spacial score (nSPS) is 17.6. The second-order valence-corrected chi connectivity index (χ2v) is 5.35. The van der Waals surface area contributed by atoms with Crippen LogP contribution in [0.4, 0.5) is 9.18 Å². The fraction of sp³-hybridized carbons (Fsp3) is 0.467. The van der Waals surface area contributed by atoms with Crippen LogP contribution < -0.4 is 11.1 Å². The lowest BCUT2D eigenvalue weighted by Gasteiger charge is -2.24. The predicted molar refractivity (Wildman–Crippen MR) is 78.4 cm³/mol. The van der Waals surface area contributed by atoms with Gasteiger partial charge in [0.05, 0.1) is 12.6 Å². The molecule has 1 fully saturated rings. The van der Waals surface area contributed by atoms with Gasteiger partial charge >= 0.3 is 6.03 Å². The molecule has 2 rings (SSSR count). The Labute approximate surface area is 128 Å². The van der Waals surface area contributed by atoms with Crippen molar-refractivity contribution in [3.8, 4) is 0 Å². The molecule has 0 spiro atoms. The fourth-order valence-electron chi connectivity index (χ4n) is 2.53. The number of carbonyl (C=O) groups is 2. The van der Waals surface area contributed by atoms with E-state index in [2.05, 4.69) is 0 Å². The Balaban J connectivity index is 1.99. The summed E-state index contributed by atoms with van der Waals surface area (Å²) in [6.45, 7) is 1.65. The van der Waals surface area contributed by atoms with E-state index in [9.17, 15) is 14.0 Å². The van der Waals surface area contributed by atoms with E-state index in [0.717, 1.165) is 18.4 Å². The number of hydrogen-bond acceptors (Lipinski definition) is 4. The first-order chi connectivity index (χ1) is 10.5. The van der Waals surface area contributed by atoms with Crippen molar-refractivity contribution >= 4 is 11.9 Å². The lowest BCUT2D eigenvalue weighted by atomic mass is 10.1. The lowest BCUT2D eigenvalue weighted by Crippen LogP contribution is -2.44. The number of rotatable bonds is 6. The summed E-state index contributed by atoms with van der Waals surface area (Å²) >= 11 is 0. The molecular formula is C15H20FN3O3. The summed E-state index contributed by atoms with van der Waals surface area (Å²) in [5.41, 5.74) is 5.70.